The molecule has 2 aromatic rings. The van der Waals surface area contributed by atoms with Crippen molar-refractivity contribution in [3.8, 4) is 0 Å². The molecule has 1 aliphatic heterocycles. The molecule has 7 nitrogen and oxygen atoms in total. The lowest BCUT2D eigenvalue weighted by molar-refractivity contribution is -0.142. The van der Waals surface area contributed by atoms with Crippen LogP contribution in [0.1, 0.15) is 56.6 Å². The Morgan fingerprint density at radius 3 is 2.07 bits per heavy atom. The van der Waals surface area contributed by atoms with Crippen LogP contribution in [-0.4, -0.2) is 53.9 Å². The fraction of sp³-hybridized carbons (Fsp3) is 0.552. The van der Waals surface area contributed by atoms with Crippen LogP contribution in [0.5, 0.6) is 0 Å². The molecule has 1 amide bonds. The smallest absolute Gasteiger partial charge is 0.382 e. The summed E-state index contributed by atoms with van der Waals surface area (Å²) in [6.45, 7) is 3.62. The molecule has 0 spiro atoms. The van der Waals surface area contributed by atoms with Crippen LogP contribution >= 0.6 is 0 Å². The van der Waals surface area contributed by atoms with Gasteiger partial charge in [-0.1, -0.05) is 6.92 Å². The highest BCUT2D eigenvalue weighted by molar-refractivity contribution is 5.82. The second kappa shape index (κ2) is 12.2. The van der Waals surface area contributed by atoms with Gasteiger partial charge in [0.1, 0.15) is 5.69 Å². The Morgan fingerprint density at radius 1 is 0.952 bits per heavy atom. The van der Waals surface area contributed by atoms with Crippen molar-refractivity contribution in [3.05, 3.63) is 53.6 Å². The van der Waals surface area contributed by atoms with Crippen molar-refractivity contribution in [2.75, 3.05) is 42.1 Å². The number of amides is 1. The molecule has 13 heteroatoms. The fourth-order valence-corrected chi connectivity index (χ4v) is 6.02. The van der Waals surface area contributed by atoms with E-state index >= 15 is 0 Å². The van der Waals surface area contributed by atoms with Crippen molar-refractivity contribution in [2.24, 2.45) is 11.3 Å². The highest BCUT2D eigenvalue weighted by Crippen LogP contribution is 2.39. The number of alkyl halides is 6. The molecule has 3 N–H and O–H groups in total. The number of piperidine rings is 1. The van der Waals surface area contributed by atoms with Gasteiger partial charge in [-0.15, -0.1) is 5.23 Å². The summed E-state index contributed by atoms with van der Waals surface area (Å²) < 4.78 is 78.7. The zero-order chi connectivity index (χ0) is 30.9. The Hall–Kier alpha value is -3.19. The van der Waals surface area contributed by atoms with Gasteiger partial charge in [0.2, 0.25) is 5.91 Å². The molecule has 2 aliphatic rings. The number of carbonyl (C=O) groups is 1. The van der Waals surface area contributed by atoms with Crippen LogP contribution in [0.2, 0.25) is 0 Å². The molecule has 2 aromatic carbocycles. The molecule has 42 heavy (non-hydrogen) atoms. The van der Waals surface area contributed by atoms with Crippen LogP contribution in [0.3, 0.4) is 0 Å². The Morgan fingerprint density at radius 2 is 1.55 bits per heavy atom. The van der Waals surface area contributed by atoms with Crippen LogP contribution in [0.4, 0.5) is 43.4 Å². The summed E-state index contributed by atoms with van der Waals surface area (Å²) >= 11 is 0. The summed E-state index contributed by atoms with van der Waals surface area (Å²) in [6, 6.07) is 8.24. The average molecular weight is 603 g/mol. The number of nitrogens with zero attached hydrogens (tertiary/aromatic N) is 3. The maximum atomic E-state index is 13.4. The predicted molar refractivity (Wildman–Crippen MR) is 145 cm³/mol. The third-order valence-electron chi connectivity index (χ3n) is 8.56. The number of hydrogen-bond donors (Lipinski definition) is 3. The molecule has 232 valence electrons. The van der Waals surface area contributed by atoms with Gasteiger partial charge in [-0.3, -0.25) is 15.2 Å². The normalized spacial score (nSPS) is 21.1. The number of halogens is 6. The van der Waals surface area contributed by atoms with Crippen molar-refractivity contribution in [1.29, 1.82) is 0 Å². The Bertz CT molecular complexity index is 1220. The number of nitrogens with one attached hydrogen (secondary N) is 1. The Balaban J connectivity index is 1.26. The minimum atomic E-state index is -4.76. The summed E-state index contributed by atoms with van der Waals surface area (Å²) in [5, 5.41) is 20.8. The molecule has 0 aromatic heterocycles. The van der Waals surface area contributed by atoms with Gasteiger partial charge in [0, 0.05) is 49.5 Å². The van der Waals surface area contributed by atoms with Gasteiger partial charge in [-0.2, -0.15) is 26.3 Å². The maximum absolute atomic E-state index is 13.4. The van der Waals surface area contributed by atoms with Crippen LogP contribution < -0.4 is 15.4 Å². The van der Waals surface area contributed by atoms with Gasteiger partial charge in [0.05, 0.1) is 11.1 Å². The first-order valence-electron chi connectivity index (χ1n) is 13.9. The van der Waals surface area contributed by atoms with Crippen molar-refractivity contribution in [1.82, 2.24) is 4.90 Å². The summed E-state index contributed by atoms with van der Waals surface area (Å²) in [6.07, 6.45) is -4.99. The first kappa shape index (κ1) is 31.7. The Kier molecular flexibility index (Phi) is 9.22. The topological polar surface area (TPSA) is 79.3 Å². The molecule has 0 radical (unpaired) electrons. The SMILES string of the molecule is CN(CC1CCC(Nc2ccc(N(O)O)c(C(F)(F)F)c2)CC1)C(=O)C1(C)CCN(c2ccc(C(F)(F)F)cc2)CC1. The highest BCUT2D eigenvalue weighted by atomic mass is 19.4. The van der Waals surface area contributed by atoms with Gasteiger partial charge in [0.15, 0.2) is 0 Å². The average Bonchev–Trinajstić information content (AvgIpc) is 2.93. The van der Waals surface area contributed by atoms with E-state index < -0.39 is 39.8 Å². The quantitative estimate of drug-likeness (QED) is 0.233. The number of hydrogen-bond acceptors (Lipinski definition) is 6. The van der Waals surface area contributed by atoms with Crippen molar-refractivity contribution < 1.29 is 41.6 Å². The van der Waals surface area contributed by atoms with E-state index in [1.165, 1.54) is 18.2 Å². The van der Waals surface area contributed by atoms with Crippen molar-refractivity contribution in [2.45, 2.75) is 63.8 Å². The molecule has 0 bridgehead atoms. The van der Waals surface area contributed by atoms with E-state index in [9.17, 15) is 31.1 Å². The van der Waals surface area contributed by atoms with Crippen molar-refractivity contribution >= 4 is 23.0 Å². The lowest BCUT2D eigenvalue weighted by Crippen LogP contribution is -2.49. The van der Waals surface area contributed by atoms with Crippen LogP contribution in [-0.2, 0) is 17.1 Å². The van der Waals surface area contributed by atoms with E-state index in [2.05, 4.69) is 5.32 Å². The van der Waals surface area contributed by atoms with Gasteiger partial charge in [0.25, 0.3) is 0 Å². The van der Waals surface area contributed by atoms with Crippen molar-refractivity contribution in [3.63, 3.8) is 0 Å². The predicted octanol–water partition coefficient (Wildman–Crippen LogP) is 7.04. The molecule has 1 saturated carbocycles. The first-order chi connectivity index (χ1) is 19.6. The zero-order valence-electron chi connectivity index (χ0n) is 23.5. The van der Waals surface area contributed by atoms with Crippen LogP contribution in [0, 0.1) is 11.3 Å². The minimum absolute atomic E-state index is 0.0383. The Labute approximate surface area is 240 Å². The van der Waals surface area contributed by atoms with E-state index in [1.807, 2.05) is 11.8 Å². The molecule has 1 aliphatic carbocycles. The molecule has 1 heterocycles. The summed E-state index contributed by atoms with van der Waals surface area (Å²) in [7, 11) is 1.78. The maximum Gasteiger partial charge on any atom is 0.418 e. The molecular weight excluding hydrogens is 566 g/mol. The number of carbonyl (C=O) groups excluding carboxylic acids is 1. The molecular formula is C29H36F6N4O3. The van der Waals surface area contributed by atoms with Crippen LogP contribution in [0.15, 0.2) is 42.5 Å². The molecule has 2 fully saturated rings. The second-order valence-electron chi connectivity index (χ2n) is 11.7. The molecule has 0 unspecified atom stereocenters. The number of rotatable bonds is 7. The van der Waals surface area contributed by atoms with Crippen LogP contribution in [0.25, 0.3) is 0 Å². The second-order valence-corrected chi connectivity index (χ2v) is 11.7. The molecule has 1 saturated heterocycles. The van der Waals surface area contributed by atoms with Gasteiger partial charge < -0.3 is 15.1 Å². The summed E-state index contributed by atoms with van der Waals surface area (Å²) in [4.78, 5) is 17.2. The lowest BCUT2D eigenvalue weighted by atomic mass is 9.78. The molecule has 4 rings (SSSR count). The van der Waals surface area contributed by atoms with Gasteiger partial charge in [-0.05, 0) is 86.9 Å². The summed E-state index contributed by atoms with van der Waals surface area (Å²) in [5.74, 6) is 0.287. The number of benzene rings is 2. The van der Waals surface area contributed by atoms with Gasteiger partial charge in [-0.25, -0.2) is 0 Å². The zero-order valence-corrected chi connectivity index (χ0v) is 23.5. The van der Waals surface area contributed by atoms with E-state index in [1.54, 1.807) is 11.9 Å². The number of anilines is 3. The minimum Gasteiger partial charge on any atom is -0.382 e. The fourth-order valence-electron chi connectivity index (χ4n) is 6.02. The summed E-state index contributed by atoms with van der Waals surface area (Å²) in [5.41, 5.74) is -2.25. The largest absolute Gasteiger partial charge is 0.418 e. The van der Waals surface area contributed by atoms with Gasteiger partial charge >= 0.3 is 12.4 Å². The third-order valence-corrected chi connectivity index (χ3v) is 8.56. The van der Waals surface area contributed by atoms with E-state index in [0.29, 0.717) is 51.0 Å². The monoisotopic (exact) mass is 602 g/mol. The first-order valence-corrected chi connectivity index (χ1v) is 13.9. The van der Waals surface area contributed by atoms with E-state index in [4.69, 9.17) is 10.4 Å². The molecule has 0 atom stereocenters. The highest BCUT2D eigenvalue weighted by Gasteiger charge is 2.40. The lowest BCUT2D eigenvalue weighted by Gasteiger charge is -2.42. The third kappa shape index (κ3) is 7.41. The van der Waals surface area contributed by atoms with E-state index in [0.717, 1.165) is 37.1 Å². The standard InChI is InChI=1S/C29H36F6N4O3/c1-27(13-15-38(16-14-27)23-10-5-20(6-11-23)28(30,31)32)26(40)37(2)18-19-3-7-21(8-4-19)36-22-9-12-25(39(41)42)24(17-22)29(33,34)35/h5-6,9-12,17,19,21,36,41-42H,3-4,7-8,13-16,18H2,1-2H3. The van der Waals surface area contributed by atoms with E-state index in [-0.39, 0.29) is 23.6 Å².